The second kappa shape index (κ2) is 6.95. The van der Waals surface area contributed by atoms with E-state index in [9.17, 15) is 10.1 Å². The quantitative estimate of drug-likeness (QED) is 0.515. The first-order valence-corrected chi connectivity index (χ1v) is 8.73. The number of nitrogens with zero attached hydrogens (tertiary/aromatic N) is 3. The Labute approximate surface area is 150 Å². The lowest BCUT2D eigenvalue weighted by molar-refractivity contribution is -0.383. The second-order valence-electron chi connectivity index (χ2n) is 6.45. The van der Waals surface area contributed by atoms with Crippen LogP contribution in [0.1, 0.15) is 25.7 Å². The summed E-state index contributed by atoms with van der Waals surface area (Å²) in [6, 6.07) is 13.9. The van der Waals surface area contributed by atoms with Gasteiger partial charge in [0.05, 0.1) is 4.92 Å². The molecule has 1 saturated carbocycles. The highest BCUT2D eigenvalue weighted by Gasteiger charge is 2.26. The summed E-state index contributed by atoms with van der Waals surface area (Å²) in [5, 5.41) is 20.1. The molecule has 132 valence electrons. The molecule has 1 fully saturated rings. The molecule has 26 heavy (non-hydrogen) atoms. The van der Waals surface area contributed by atoms with Crippen LogP contribution in [0.5, 0.6) is 0 Å². The number of hydrogen-bond donors (Lipinski definition) is 2. The minimum atomic E-state index is -0.426. The van der Waals surface area contributed by atoms with Crippen LogP contribution in [0.2, 0.25) is 0 Å². The van der Waals surface area contributed by atoms with E-state index in [1.165, 1.54) is 6.33 Å². The molecule has 1 aliphatic rings. The molecule has 0 atom stereocenters. The minimum absolute atomic E-state index is 0.118. The average molecular weight is 349 g/mol. The third-order valence-corrected chi connectivity index (χ3v) is 4.74. The number of fused-ring (bicyclic) bond motifs is 1. The standard InChI is InChI=1S/C19H19N5O2/c25-24(26)17-18(22-14-8-2-3-9-14)20-12-21-19(17)23-16-11-5-7-13-6-1-4-10-15(13)16/h1,4-7,10-12,14H,2-3,8-9H2,(H2,20,21,22,23). The van der Waals surface area contributed by atoms with E-state index in [0.717, 1.165) is 42.1 Å². The van der Waals surface area contributed by atoms with Crippen molar-refractivity contribution in [1.29, 1.82) is 0 Å². The van der Waals surface area contributed by atoms with E-state index in [2.05, 4.69) is 20.6 Å². The van der Waals surface area contributed by atoms with Crippen molar-refractivity contribution in [1.82, 2.24) is 9.97 Å². The van der Waals surface area contributed by atoms with Gasteiger partial charge in [0.15, 0.2) is 0 Å². The molecule has 0 aliphatic heterocycles. The Bertz CT molecular complexity index is 948. The second-order valence-corrected chi connectivity index (χ2v) is 6.45. The maximum atomic E-state index is 11.7. The first-order valence-electron chi connectivity index (χ1n) is 8.73. The average Bonchev–Trinajstić information content (AvgIpc) is 3.15. The van der Waals surface area contributed by atoms with Crippen LogP contribution in [0.25, 0.3) is 10.8 Å². The van der Waals surface area contributed by atoms with Crippen molar-refractivity contribution in [2.24, 2.45) is 0 Å². The fourth-order valence-corrected chi connectivity index (χ4v) is 3.47. The van der Waals surface area contributed by atoms with Crippen LogP contribution < -0.4 is 10.6 Å². The van der Waals surface area contributed by atoms with Crippen LogP contribution in [0.15, 0.2) is 48.8 Å². The highest BCUT2D eigenvalue weighted by atomic mass is 16.6. The molecule has 2 N–H and O–H groups in total. The van der Waals surface area contributed by atoms with Gasteiger partial charge < -0.3 is 10.6 Å². The molecule has 1 aliphatic carbocycles. The number of hydrogen-bond acceptors (Lipinski definition) is 6. The van der Waals surface area contributed by atoms with Gasteiger partial charge in [-0.3, -0.25) is 10.1 Å². The summed E-state index contributed by atoms with van der Waals surface area (Å²) in [7, 11) is 0. The van der Waals surface area contributed by atoms with Crippen LogP contribution >= 0.6 is 0 Å². The summed E-state index contributed by atoms with van der Waals surface area (Å²) in [5.41, 5.74) is 0.657. The summed E-state index contributed by atoms with van der Waals surface area (Å²) >= 11 is 0. The number of aromatic nitrogens is 2. The maximum absolute atomic E-state index is 11.7. The van der Waals surface area contributed by atoms with Crippen molar-refractivity contribution in [3.05, 3.63) is 58.9 Å². The lowest BCUT2D eigenvalue weighted by Crippen LogP contribution is -2.17. The summed E-state index contributed by atoms with van der Waals surface area (Å²) in [4.78, 5) is 19.5. The number of nitrogens with one attached hydrogen (secondary N) is 2. The molecule has 0 spiro atoms. The molecule has 0 amide bonds. The summed E-state index contributed by atoms with van der Waals surface area (Å²) in [6.07, 6.45) is 5.65. The van der Waals surface area contributed by atoms with Crippen molar-refractivity contribution in [2.45, 2.75) is 31.7 Å². The fraction of sp³-hybridized carbons (Fsp3) is 0.263. The SMILES string of the molecule is O=[N+]([O-])c1c(Nc2cccc3ccccc23)ncnc1NC1CCCC1. The highest BCUT2D eigenvalue weighted by Crippen LogP contribution is 2.35. The smallest absolute Gasteiger partial charge is 0.353 e. The zero-order valence-electron chi connectivity index (χ0n) is 14.2. The van der Waals surface area contributed by atoms with Crippen molar-refractivity contribution in [2.75, 3.05) is 10.6 Å². The zero-order valence-corrected chi connectivity index (χ0v) is 14.2. The van der Waals surface area contributed by atoms with E-state index in [-0.39, 0.29) is 23.4 Å². The zero-order chi connectivity index (χ0) is 17.9. The van der Waals surface area contributed by atoms with Gasteiger partial charge >= 0.3 is 5.69 Å². The molecule has 4 rings (SSSR count). The van der Waals surface area contributed by atoms with Crippen molar-refractivity contribution >= 4 is 33.8 Å². The molecule has 7 nitrogen and oxygen atoms in total. The maximum Gasteiger partial charge on any atom is 0.353 e. The van der Waals surface area contributed by atoms with Crippen LogP contribution in [0.3, 0.4) is 0 Å². The highest BCUT2D eigenvalue weighted by molar-refractivity contribution is 5.96. The Balaban J connectivity index is 1.72. The van der Waals surface area contributed by atoms with E-state index < -0.39 is 4.92 Å². The molecule has 0 radical (unpaired) electrons. The number of benzene rings is 2. The van der Waals surface area contributed by atoms with Gasteiger partial charge in [-0.25, -0.2) is 9.97 Å². The van der Waals surface area contributed by atoms with E-state index in [1.54, 1.807) is 0 Å². The van der Waals surface area contributed by atoms with E-state index in [0.29, 0.717) is 0 Å². The van der Waals surface area contributed by atoms with Crippen LogP contribution in [0, 0.1) is 10.1 Å². The Morgan fingerprint density at radius 1 is 1.00 bits per heavy atom. The first-order chi connectivity index (χ1) is 12.7. The molecule has 7 heteroatoms. The predicted molar refractivity (Wildman–Crippen MR) is 102 cm³/mol. The first kappa shape index (κ1) is 16.3. The topological polar surface area (TPSA) is 93.0 Å². The van der Waals surface area contributed by atoms with Gasteiger partial charge in [0, 0.05) is 17.1 Å². The number of nitro groups is 1. The summed E-state index contributed by atoms with van der Waals surface area (Å²) < 4.78 is 0. The third-order valence-electron chi connectivity index (χ3n) is 4.74. The monoisotopic (exact) mass is 349 g/mol. The van der Waals surface area contributed by atoms with Crippen molar-refractivity contribution in [3.63, 3.8) is 0 Å². The van der Waals surface area contributed by atoms with Crippen molar-refractivity contribution in [3.8, 4) is 0 Å². The van der Waals surface area contributed by atoms with Gasteiger partial charge in [0.1, 0.15) is 6.33 Å². The molecular weight excluding hydrogens is 330 g/mol. The van der Waals surface area contributed by atoms with Crippen LogP contribution in [-0.4, -0.2) is 20.9 Å². The van der Waals surface area contributed by atoms with Gasteiger partial charge in [-0.2, -0.15) is 0 Å². The van der Waals surface area contributed by atoms with Crippen molar-refractivity contribution < 1.29 is 4.92 Å². The Kier molecular flexibility index (Phi) is 4.35. The Morgan fingerprint density at radius 3 is 2.54 bits per heavy atom. The Hall–Kier alpha value is -3.22. The summed E-state index contributed by atoms with van der Waals surface area (Å²) in [6.45, 7) is 0. The van der Waals surface area contributed by atoms with Gasteiger partial charge in [-0.05, 0) is 24.3 Å². The lowest BCUT2D eigenvalue weighted by atomic mass is 10.1. The van der Waals surface area contributed by atoms with E-state index in [4.69, 9.17) is 0 Å². The van der Waals surface area contributed by atoms with Gasteiger partial charge in [-0.1, -0.05) is 49.2 Å². The fourth-order valence-electron chi connectivity index (χ4n) is 3.47. The lowest BCUT2D eigenvalue weighted by Gasteiger charge is -2.14. The molecule has 1 heterocycles. The molecule has 2 aromatic carbocycles. The van der Waals surface area contributed by atoms with Crippen LogP contribution in [0.4, 0.5) is 23.0 Å². The molecular formula is C19H19N5O2. The van der Waals surface area contributed by atoms with Gasteiger partial charge in [-0.15, -0.1) is 0 Å². The molecule has 0 unspecified atom stereocenters. The third kappa shape index (κ3) is 3.15. The van der Waals surface area contributed by atoms with Crippen LogP contribution in [-0.2, 0) is 0 Å². The predicted octanol–water partition coefficient (Wildman–Crippen LogP) is 4.64. The number of anilines is 3. The molecule has 3 aromatic rings. The molecule has 1 aromatic heterocycles. The van der Waals surface area contributed by atoms with Gasteiger partial charge in [0.25, 0.3) is 0 Å². The van der Waals surface area contributed by atoms with Gasteiger partial charge in [0.2, 0.25) is 11.6 Å². The summed E-state index contributed by atoms with van der Waals surface area (Å²) in [5.74, 6) is 0.474. The van der Waals surface area contributed by atoms with E-state index >= 15 is 0 Å². The number of rotatable bonds is 5. The minimum Gasteiger partial charge on any atom is -0.361 e. The van der Waals surface area contributed by atoms with E-state index in [1.807, 2.05) is 42.5 Å². The normalized spacial score (nSPS) is 14.5. The molecule has 0 saturated heterocycles. The molecule has 0 bridgehead atoms. The largest absolute Gasteiger partial charge is 0.361 e. The Morgan fingerprint density at radius 2 is 1.73 bits per heavy atom.